The van der Waals surface area contributed by atoms with Crippen molar-refractivity contribution in [1.29, 1.82) is 0 Å². The number of pyridine rings is 1. The minimum Gasteiger partial charge on any atom is -0.530 e. The van der Waals surface area contributed by atoms with E-state index < -0.39 is 9.04 Å². The summed E-state index contributed by atoms with van der Waals surface area (Å²) in [6.07, 6.45) is 3.44. The van der Waals surface area contributed by atoms with Crippen molar-refractivity contribution in [3.8, 4) is 5.88 Å². The summed E-state index contributed by atoms with van der Waals surface area (Å²) in [6.45, 7) is 6.50. The first-order valence-electron chi connectivity index (χ1n) is 6.57. The average molecular weight is 258 g/mol. The van der Waals surface area contributed by atoms with E-state index in [2.05, 4.69) is 43.2 Å². The van der Waals surface area contributed by atoms with Gasteiger partial charge in [0.1, 0.15) is 0 Å². The molecule has 2 nitrogen and oxygen atoms in total. The monoisotopic (exact) mass is 258 g/mol. The largest absolute Gasteiger partial charge is 0.530 e. The van der Waals surface area contributed by atoms with Crippen LogP contribution in [-0.2, 0) is 6.42 Å². The molecule has 1 radical (unpaired) electrons. The van der Waals surface area contributed by atoms with Gasteiger partial charge in [-0.3, -0.25) is 0 Å². The molecule has 0 bridgehead atoms. The standard InChI is InChI=1S/C15H20NOSi/c1-4-5-8-13-11-12-9-6-7-10-14(12)16-15(13)17-18(2)3/h6-7,9-11H,4-5,8H2,1-3H3. The van der Waals surface area contributed by atoms with Crippen LogP contribution in [0.3, 0.4) is 0 Å². The summed E-state index contributed by atoms with van der Waals surface area (Å²) in [5.41, 5.74) is 2.28. The van der Waals surface area contributed by atoms with E-state index in [-0.39, 0.29) is 0 Å². The second-order valence-electron chi connectivity index (χ2n) is 4.76. The molecule has 0 spiro atoms. The molecule has 0 amide bonds. The van der Waals surface area contributed by atoms with Crippen LogP contribution in [-0.4, -0.2) is 14.0 Å². The van der Waals surface area contributed by atoms with Gasteiger partial charge in [0.2, 0.25) is 5.88 Å². The maximum absolute atomic E-state index is 5.94. The second-order valence-corrected chi connectivity index (χ2v) is 6.78. The van der Waals surface area contributed by atoms with Crippen LogP contribution in [0.25, 0.3) is 10.9 Å². The van der Waals surface area contributed by atoms with Gasteiger partial charge in [0.15, 0.2) is 0 Å². The summed E-state index contributed by atoms with van der Waals surface area (Å²) in [5, 5.41) is 1.21. The Kier molecular flexibility index (Phi) is 4.36. The Morgan fingerprint density at radius 1 is 1.22 bits per heavy atom. The van der Waals surface area contributed by atoms with Crippen LogP contribution < -0.4 is 4.43 Å². The number of para-hydroxylation sites is 1. The van der Waals surface area contributed by atoms with Gasteiger partial charge in [0, 0.05) is 10.9 Å². The minimum atomic E-state index is -0.764. The second kappa shape index (κ2) is 6.00. The van der Waals surface area contributed by atoms with E-state index in [4.69, 9.17) is 4.43 Å². The molecule has 0 N–H and O–H groups in total. The molecule has 0 atom stereocenters. The molecule has 1 aromatic heterocycles. The molecule has 0 unspecified atom stereocenters. The highest BCUT2D eigenvalue weighted by molar-refractivity contribution is 6.49. The predicted octanol–water partition coefficient (Wildman–Crippen LogP) is 4.21. The highest BCUT2D eigenvalue weighted by Crippen LogP contribution is 2.24. The zero-order valence-electron chi connectivity index (χ0n) is 11.4. The molecule has 0 aliphatic heterocycles. The number of rotatable bonds is 5. The Bertz CT molecular complexity index is 525. The van der Waals surface area contributed by atoms with Crippen LogP contribution in [0.5, 0.6) is 5.88 Å². The van der Waals surface area contributed by atoms with Crippen molar-refractivity contribution < 1.29 is 4.43 Å². The van der Waals surface area contributed by atoms with Gasteiger partial charge in [-0.1, -0.05) is 31.5 Å². The first-order chi connectivity index (χ1) is 8.70. The Balaban J connectivity index is 2.42. The average Bonchev–Trinajstić information content (AvgIpc) is 2.35. The molecule has 3 heteroatoms. The number of hydrogen-bond acceptors (Lipinski definition) is 2. The van der Waals surface area contributed by atoms with Gasteiger partial charge in [0.05, 0.1) is 5.52 Å². The van der Waals surface area contributed by atoms with Crippen molar-refractivity contribution >= 4 is 19.9 Å². The van der Waals surface area contributed by atoms with Crippen LogP contribution in [0, 0.1) is 0 Å². The van der Waals surface area contributed by atoms with Crippen molar-refractivity contribution in [2.75, 3.05) is 0 Å². The molecule has 95 valence electrons. The molecule has 1 aromatic carbocycles. The molecule has 0 aliphatic carbocycles. The SMILES string of the molecule is CCCCc1cc2ccccc2nc1O[Si](C)C. The molecule has 0 saturated heterocycles. The lowest BCUT2D eigenvalue weighted by Gasteiger charge is -2.13. The van der Waals surface area contributed by atoms with Crippen molar-refractivity contribution in [2.45, 2.75) is 39.3 Å². The summed E-state index contributed by atoms with van der Waals surface area (Å²) >= 11 is 0. The van der Waals surface area contributed by atoms with Crippen LogP contribution >= 0.6 is 0 Å². The van der Waals surface area contributed by atoms with E-state index in [9.17, 15) is 0 Å². The number of fused-ring (bicyclic) bond motifs is 1. The van der Waals surface area contributed by atoms with Gasteiger partial charge in [-0.05, 0) is 38.1 Å². The molecule has 2 aromatic rings. The van der Waals surface area contributed by atoms with E-state index in [1.165, 1.54) is 23.8 Å². The van der Waals surface area contributed by atoms with Gasteiger partial charge < -0.3 is 4.43 Å². The third kappa shape index (κ3) is 3.10. The smallest absolute Gasteiger partial charge is 0.276 e. The highest BCUT2D eigenvalue weighted by atomic mass is 28.3. The summed E-state index contributed by atoms with van der Waals surface area (Å²) in [6, 6.07) is 10.5. The van der Waals surface area contributed by atoms with Gasteiger partial charge in [-0.25, -0.2) is 4.98 Å². The van der Waals surface area contributed by atoms with Gasteiger partial charge >= 0.3 is 0 Å². The third-order valence-electron chi connectivity index (χ3n) is 2.86. The summed E-state index contributed by atoms with van der Waals surface area (Å²) in [4.78, 5) is 4.67. The number of aryl methyl sites for hydroxylation is 1. The van der Waals surface area contributed by atoms with Gasteiger partial charge in [-0.2, -0.15) is 0 Å². The Morgan fingerprint density at radius 2 is 2.00 bits per heavy atom. The first-order valence-corrected chi connectivity index (χ1v) is 8.98. The lowest BCUT2D eigenvalue weighted by Crippen LogP contribution is -2.14. The molecule has 0 fully saturated rings. The fraction of sp³-hybridized carbons (Fsp3) is 0.400. The maximum Gasteiger partial charge on any atom is 0.276 e. The van der Waals surface area contributed by atoms with E-state index in [1.807, 2.05) is 12.1 Å². The topological polar surface area (TPSA) is 22.1 Å². The predicted molar refractivity (Wildman–Crippen MR) is 78.5 cm³/mol. The normalized spacial score (nSPS) is 11.1. The Morgan fingerprint density at radius 3 is 2.72 bits per heavy atom. The van der Waals surface area contributed by atoms with Crippen molar-refractivity contribution in [2.24, 2.45) is 0 Å². The quantitative estimate of drug-likeness (QED) is 0.750. The lowest BCUT2D eigenvalue weighted by atomic mass is 10.1. The zero-order valence-corrected chi connectivity index (χ0v) is 12.4. The van der Waals surface area contributed by atoms with Gasteiger partial charge in [0.25, 0.3) is 9.04 Å². The Labute approximate surface area is 111 Å². The van der Waals surface area contributed by atoms with Crippen molar-refractivity contribution in [1.82, 2.24) is 4.98 Å². The molecule has 0 aliphatic rings. The van der Waals surface area contributed by atoms with Crippen LogP contribution in [0.1, 0.15) is 25.3 Å². The van der Waals surface area contributed by atoms with Crippen molar-refractivity contribution in [3.63, 3.8) is 0 Å². The van der Waals surface area contributed by atoms with E-state index in [0.29, 0.717) is 0 Å². The van der Waals surface area contributed by atoms with E-state index in [1.54, 1.807) is 0 Å². The van der Waals surface area contributed by atoms with Crippen LogP contribution in [0.4, 0.5) is 0 Å². The number of aromatic nitrogens is 1. The molecule has 2 rings (SSSR count). The minimum absolute atomic E-state index is 0.764. The van der Waals surface area contributed by atoms with Gasteiger partial charge in [-0.15, -0.1) is 0 Å². The van der Waals surface area contributed by atoms with Crippen molar-refractivity contribution in [3.05, 3.63) is 35.9 Å². The number of nitrogens with zero attached hydrogens (tertiary/aromatic N) is 1. The maximum atomic E-state index is 5.94. The molecule has 1 heterocycles. The number of hydrogen-bond donors (Lipinski definition) is 0. The number of unbranched alkanes of at least 4 members (excludes halogenated alkanes) is 1. The number of benzene rings is 1. The third-order valence-corrected chi connectivity index (χ3v) is 3.47. The first kappa shape index (κ1) is 13.1. The summed E-state index contributed by atoms with van der Waals surface area (Å²) in [5.74, 6) is 0.848. The van der Waals surface area contributed by atoms with Crippen LogP contribution in [0.15, 0.2) is 30.3 Å². The Hall–Kier alpha value is -1.35. The summed E-state index contributed by atoms with van der Waals surface area (Å²) < 4.78 is 5.94. The molecule has 0 saturated carbocycles. The lowest BCUT2D eigenvalue weighted by molar-refractivity contribution is 0.546. The zero-order chi connectivity index (χ0) is 13.0. The summed E-state index contributed by atoms with van der Waals surface area (Å²) in [7, 11) is -0.764. The molecular weight excluding hydrogens is 238 g/mol. The highest BCUT2D eigenvalue weighted by Gasteiger charge is 2.10. The van der Waals surface area contributed by atoms with E-state index in [0.717, 1.165) is 17.8 Å². The van der Waals surface area contributed by atoms with Crippen LogP contribution in [0.2, 0.25) is 13.1 Å². The van der Waals surface area contributed by atoms with E-state index >= 15 is 0 Å². The fourth-order valence-electron chi connectivity index (χ4n) is 1.97. The fourth-order valence-corrected chi connectivity index (χ4v) is 2.53. The molecular formula is C15H20NOSi. The molecule has 18 heavy (non-hydrogen) atoms.